The minimum Gasteiger partial charge on any atom is -0.394 e. The number of ether oxygens (including phenoxy) is 1. The zero-order valence-corrected chi connectivity index (χ0v) is 7.54. The van der Waals surface area contributed by atoms with E-state index in [9.17, 15) is 0 Å². The Morgan fingerprint density at radius 2 is 2.25 bits per heavy atom. The highest BCUT2D eigenvalue weighted by Crippen LogP contribution is 2.33. The van der Waals surface area contributed by atoms with Crippen molar-refractivity contribution < 1.29 is 9.84 Å². The van der Waals surface area contributed by atoms with Gasteiger partial charge in [0.2, 0.25) is 0 Å². The van der Waals surface area contributed by atoms with Crippen LogP contribution >= 0.6 is 0 Å². The van der Waals surface area contributed by atoms with Crippen molar-refractivity contribution >= 4 is 0 Å². The average Bonchev–Trinajstić information content (AvgIpc) is 2.89. The predicted octanol–water partition coefficient (Wildman–Crippen LogP) is 0.513. The van der Waals surface area contributed by atoms with E-state index in [2.05, 4.69) is 0 Å². The average molecular weight is 173 g/mol. The molecule has 0 heterocycles. The molecule has 1 saturated carbocycles. The third kappa shape index (κ3) is 4.04. The van der Waals surface area contributed by atoms with Gasteiger partial charge in [0.25, 0.3) is 0 Å². The van der Waals surface area contributed by atoms with Gasteiger partial charge in [0.15, 0.2) is 0 Å². The Kier molecular flexibility index (Phi) is 4.58. The molecule has 0 spiro atoms. The molecule has 1 aliphatic carbocycles. The normalized spacial score (nSPS) is 19.5. The Bertz CT molecular complexity index is 115. The SMILES string of the molecule is NCC(CCC1CC1)OCCO. The Morgan fingerprint density at radius 3 is 2.75 bits per heavy atom. The van der Waals surface area contributed by atoms with E-state index in [0.717, 1.165) is 12.3 Å². The van der Waals surface area contributed by atoms with Crippen LogP contribution in [0.25, 0.3) is 0 Å². The van der Waals surface area contributed by atoms with Gasteiger partial charge in [-0.15, -0.1) is 0 Å². The fraction of sp³-hybridized carbons (Fsp3) is 1.00. The van der Waals surface area contributed by atoms with Crippen LogP contribution < -0.4 is 5.73 Å². The molecule has 1 rings (SSSR count). The van der Waals surface area contributed by atoms with Crippen LogP contribution in [0.1, 0.15) is 25.7 Å². The maximum absolute atomic E-state index is 8.53. The van der Waals surface area contributed by atoms with Gasteiger partial charge in [0.05, 0.1) is 19.3 Å². The summed E-state index contributed by atoms with van der Waals surface area (Å²) in [5, 5.41) is 8.53. The van der Waals surface area contributed by atoms with Gasteiger partial charge in [-0.2, -0.15) is 0 Å². The standard InChI is InChI=1S/C9H19NO2/c10-7-9(12-6-5-11)4-3-8-1-2-8/h8-9,11H,1-7,10H2. The summed E-state index contributed by atoms with van der Waals surface area (Å²) in [5.74, 6) is 0.941. The van der Waals surface area contributed by atoms with Crippen molar-refractivity contribution in [1.29, 1.82) is 0 Å². The van der Waals surface area contributed by atoms with Gasteiger partial charge in [-0.25, -0.2) is 0 Å². The van der Waals surface area contributed by atoms with E-state index >= 15 is 0 Å². The molecule has 1 fully saturated rings. The van der Waals surface area contributed by atoms with Gasteiger partial charge in [-0.3, -0.25) is 0 Å². The van der Waals surface area contributed by atoms with Gasteiger partial charge in [-0.05, 0) is 18.8 Å². The van der Waals surface area contributed by atoms with E-state index in [1.165, 1.54) is 19.3 Å². The van der Waals surface area contributed by atoms with E-state index < -0.39 is 0 Å². The minimum atomic E-state index is 0.0972. The molecule has 0 amide bonds. The summed E-state index contributed by atoms with van der Waals surface area (Å²) in [4.78, 5) is 0. The van der Waals surface area contributed by atoms with Crippen molar-refractivity contribution in [3.05, 3.63) is 0 Å². The quantitative estimate of drug-likeness (QED) is 0.590. The first kappa shape index (κ1) is 9.96. The molecular formula is C9H19NO2. The van der Waals surface area contributed by atoms with Gasteiger partial charge in [-0.1, -0.05) is 12.8 Å². The van der Waals surface area contributed by atoms with Crippen LogP contribution in [0.2, 0.25) is 0 Å². The fourth-order valence-corrected chi connectivity index (χ4v) is 1.32. The Morgan fingerprint density at radius 1 is 1.50 bits per heavy atom. The highest BCUT2D eigenvalue weighted by molar-refractivity contribution is 4.74. The fourth-order valence-electron chi connectivity index (χ4n) is 1.32. The van der Waals surface area contributed by atoms with Gasteiger partial charge in [0, 0.05) is 6.54 Å². The molecule has 1 aliphatic rings. The number of aliphatic hydroxyl groups is 1. The van der Waals surface area contributed by atoms with Crippen LogP contribution in [0.3, 0.4) is 0 Å². The van der Waals surface area contributed by atoms with Crippen LogP contribution in [0.4, 0.5) is 0 Å². The van der Waals surface area contributed by atoms with E-state index in [4.69, 9.17) is 15.6 Å². The van der Waals surface area contributed by atoms with Crippen LogP contribution in [-0.2, 0) is 4.74 Å². The van der Waals surface area contributed by atoms with Crippen LogP contribution in [0, 0.1) is 5.92 Å². The topological polar surface area (TPSA) is 55.5 Å². The van der Waals surface area contributed by atoms with Crippen molar-refractivity contribution in [2.24, 2.45) is 11.7 Å². The molecule has 0 radical (unpaired) electrons. The summed E-state index contributed by atoms with van der Waals surface area (Å²) in [6, 6.07) is 0. The first-order chi connectivity index (χ1) is 5.86. The Labute approximate surface area is 73.9 Å². The van der Waals surface area contributed by atoms with Crippen LogP contribution in [-0.4, -0.2) is 31.0 Å². The summed E-state index contributed by atoms with van der Waals surface area (Å²) in [5.41, 5.74) is 5.51. The van der Waals surface area contributed by atoms with E-state index in [0.29, 0.717) is 13.2 Å². The van der Waals surface area contributed by atoms with Gasteiger partial charge in [0.1, 0.15) is 0 Å². The van der Waals surface area contributed by atoms with E-state index in [1.54, 1.807) is 0 Å². The van der Waals surface area contributed by atoms with Gasteiger partial charge < -0.3 is 15.6 Å². The van der Waals surface area contributed by atoms with Gasteiger partial charge >= 0.3 is 0 Å². The van der Waals surface area contributed by atoms with Crippen LogP contribution in [0.15, 0.2) is 0 Å². The first-order valence-electron chi connectivity index (χ1n) is 4.79. The molecule has 0 aromatic rings. The molecular weight excluding hydrogens is 154 g/mol. The monoisotopic (exact) mass is 173 g/mol. The van der Waals surface area contributed by atoms with E-state index in [1.807, 2.05) is 0 Å². The number of hydrogen-bond donors (Lipinski definition) is 2. The lowest BCUT2D eigenvalue weighted by molar-refractivity contribution is 0.0274. The second-order valence-corrected chi connectivity index (χ2v) is 3.47. The molecule has 3 N–H and O–H groups in total. The van der Waals surface area contributed by atoms with Crippen molar-refractivity contribution in [3.8, 4) is 0 Å². The Balaban J connectivity index is 1.98. The molecule has 72 valence electrons. The molecule has 0 bridgehead atoms. The maximum atomic E-state index is 8.53. The van der Waals surface area contributed by atoms with Crippen molar-refractivity contribution in [2.75, 3.05) is 19.8 Å². The molecule has 0 saturated heterocycles. The van der Waals surface area contributed by atoms with Crippen molar-refractivity contribution in [3.63, 3.8) is 0 Å². The summed E-state index contributed by atoms with van der Waals surface area (Å²) >= 11 is 0. The number of rotatable bonds is 7. The highest BCUT2D eigenvalue weighted by atomic mass is 16.5. The Hall–Kier alpha value is -0.120. The lowest BCUT2D eigenvalue weighted by Gasteiger charge is -2.14. The largest absolute Gasteiger partial charge is 0.394 e. The zero-order chi connectivity index (χ0) is 8.81. The number of aliphatic hydroxyl groups excluding tert-OH is 1. The summed E-state index contributed by atoms with van der Waals surface area (Å²) in [6.07, 6.45) is 5.24. The summed E-state index contributed by atoms with van der Waals surface area (Å²) in [7, 11) is 0. The molecule has 1 atom stereocenters. The first-order valence-corrected chi connectivity index (χ1v) is 4.79. The second kappa shape index (κ2) is 5.51. The third-order valence-electron chi connectivity index (χ3n) is 2.30. The summed E-state index contributed by atoms with van der Waals surface area (Å²) < 4.78 is 5.34. The lowest BCUT2D eigenvalue weighted by Crippen LogP contribution is -2.25. The minimum absolute atomic E-state index is 0.0972. The number of hydrogen-bond acceptors (Lipinski definition) is 3. The lowest BCUT2D eigenvalue weighted by atomic mass is 10.1. The predicted molar refractivity (Wildman–Crippen MR) is 47.8 cm³/mol. The second-order valence-electron chi connectivity index (χ2n) is 3.47. The molecule has 3 nitrogen and oxygen atoms in total. The molecule has 0 aromatic carbocycles. The highest BCUT2D eigenvalue weighted by Gasteiger charge is 2.22. The molecule has 0 aromatic heterocycles. The number of nitrogens with two attached hydrogens (primary N) is 1. The summed E-state index contributed by atoms with van der Waals surface area (Å²) in [6.45, 7) is 1.10. The molecule has 1 unspecified atom stereocenters. The molecule has 0 aliphatic heterocycles. The zero-order valence-electron chi connectivity index (χ0n) is 7.54. The van der Waals surface area contributed by atoms with Crippen molar-refractivity contribution in [2.45, 2.75) is 31.8 Å². The smallest absolute Gasteiger partial charge is 0.0702 e. The maximum Gasteiger partial charge on any atom is 0.0702 e. The van der Waals surface area contributed by atoms with E-state index in [-0.39, 0.29) is 12.7 Å². The van der Waals surface area contributed by atoms with Crippen LogP contribution in [0.5, 0.6) is 0 Å². The third-order valence-corrected chi connectivity index (χ3v) is 2.30. The molecule has 3 heteroatoms. The molecule has 12 heavy (non-hydrogen) atoms. The van der Waals surface area contributed by atoms with Crippen molar-refractivity contribution in [1.82, 2.24) is 0 Å².